The minimum absolute atomic E-state index is 0.0427. The van der Waals surface area contributed by atoms with Gasteiger partial charge in [-0.25, -0.2) is 4.98 Å². The van der Waals surface area contributed by atoms with Crippen molar-refractivity contribution in [2.24, 2.45) is 0 Å². The number of likely N-dealkylation sites (N-methyl/N-ethyl adjacent to an activating group) is 1. The minimum Gasteiger partial charge on any atom is -0.355 e. The summed E-state index contributed by atoms with van der Waals surface area (Å²) in [7, 11) is 1.91. The highest BCUT2D eigenvalue weighted by molar-refractivity contribution is 5.81. The smallest absolute Gasteiger partial charge is 0.239 e. The number of amides is 1. The van der Waals surface area contributed by atoms with Gasteiger partial charge in [0, 0.05) is 37.9 Å². The van der Waals surface area contributed by atoms with Crippen molar-refractivity contribution < 1.29 is 4.79 Å². The Morgan fingerprint density at radius 1 is 1.50 bits per heavy atom. The molecule has 0 unspecified atom stereocenters. The Labute approximate surface area is 120 Å². The molecule has 1 aliphatic carbocycles. The zero-order valence-corrected chi connectivity index (χ0v) is 12.4. The van der Waals surface area contributed by atoms with Crippen LogP contribution < -0.4 is 15.5 Å². The van der Waals surface area contributed by atoms with E-state index < -0.39 is 0 Å². The molecule has 110 valence electrons. The Morgan fingerprint density at radius 3 is 3.00 bits per heavy atom. The van der Waals surface area contributed by atoms with Crippen molar-refractivity contribution >= 4 is 11.7 Å². The molecular weight excluding hydrogens is 252 g/mol. The molecule has 5 heteroatoms. The second kappa shape index (κ2) is 7.24. The predicted octanol–water partition coefficient (Wildman–Crippen LogP) is 1.30. The lowest BCUT2D eigenvalue weighted by atomic mass is 10.2. The highest BCUT2D eigenvalue weighted by Gasteiger charge is 2.21. The quantitative estimate of drug-likeness (QED) is 0.751. The third-order valence-electron chi connectivity index (χ3n) is 3.34. The van der Waals surface area contributed by atoms with E-state index in [1.54, 1.807) is 6.20 Å². The van der Waals surface area contributed by atoms with Crippen molar-refractivity contribution in [2.75, 3.05) is 25.0 Å². The van der Waals surface area contributed by atoms with Crippen LogP contribution in [0.25, 0.3) is 0 Å². The number of carbonyl (C=O) groups is 1. The summed E-state index contributed by atoms with van der Waals surface area (Å²) < 4.78 is 0. The molecule has 2 N–H and O–H groups in total. The predicted molar refractivity (Wildman–Crippen MR) is 80.7 cm³/mol. The van der Waals surface area contributed by atoms with Gasteiger partial charge in [0.15, 0.2) is 0 Å². The van der Waals surface area contributed by atoms with Crippen LogP contribution in [0.3, 0.4) is 0 Å². The summed E-state index contributed by atoms with van der Waals surface area (Å²) in [5.41, 5.74) is 1.14. The van der Waals surface area contributed by atoms with Gasteiger partial charge in [0.05, 0.1) is 6.54 Å². The molecule has 1 saturated carbocycles. The topological polar surface area (TPSA) is 57.3 Å². The molecular formula is C15H24N4O. The summed E-state index contributed by atoms with van der Waals surface area (Å²) in [6.07, 6.45) is 5.27. The minimum atomic E-state index is 0.0427. The van der Waals surface area contributed by atoms with Crippen molar-refractivity contribution in [3.8, 4) is 0 Å². The molecule has 1 aromatic rings. The van der Waals surface area contributed by atoms with Gasteiger partial charge in [-0.05, 0) is 25.3 Å². The third-order valence-corrected chi connectivity index (χ3v) is 3.34. The summed E-state index contributed by atoms with van der Waals surface area (Å²) in [6, 6.07) is 4.68. The summed E-state index contributed by atoms with van der Waals surface area (Å²) >= 11 is 0. The molecule has 0 radical (unpaired) electrons. The molecule has 1 aliphatic rings. The van der Waals surface area contributed by atoms with E-state index in [2.05, 4.69) is 21.7 Å². The standard InChI is InChI=1S/C15H24N4O/c1-3-8-16-14(20)11-19(2)15-12(5-4-9-17-15)10-18-13-6-7-13/h4-5,9,13,18H,3,6-8,10-11H2,1-2H3,(H,16,20). The number of anilines is 1. The molecule has 5 nitrogen and oxygen atoms in total. The van der Waals surface area contributed by atoms with Gasteiger partial charge < -0.3 is 15.5 Å². The van der Waals surface area contributed by atoms with Crippen molar-refractivity contribution in [3.05, 3.63) is 23.9 Å². The van der Waals surface area contributed by atoms with E-state index in [4.69, 9.17) is 0 Å². The molecule has 1 heterocycles. The van der Waals surface area contributed by atoms with E-state index in [0.29, 0.717) is 12.6 Å². The Morgan fingerprint density at radius 2 is 2.30 bits per heavy atom. The van der Waals surface area contributed by atoms with Crippen molar-refractivity contribution in [2.45, 2.75) is 38.8 Å². The van der Waals surface area contributed by atoms with E-state index in [9.17, 15) is 4.79 Å². The van der Waals surface area contributed by atoms with Crippen molar-refractivity contribution in [3.63, 3.8) is 0 Å². The average molecular weight is 276 g/mol. The highest BCUT2D eigenvalue weighted by Crippen LogP contribution is 2.21. The Hall–Kier alpha value is -1.62. The van der Waals surface area contributed by atoms with Gasteiger partial charge >= 0.3 is 0 Å². The first-order valence-electron chi connectivity index (χ1n) is 7.35. The first kappa shape index (κ1) is 14.8. The van der Waals surface area contributed by atoms with Crippen LogP contribution in [0.4, 0.5) is 5.82 Å². The van der Waals surface area contributed by atoms with Crippen LogP contribution in [0.1, 0.15) is 31.7 Å². The zero-order chi connectivity index (χ0) is 14.4. The maximum atomic E-state index is 11.8. The molecule has 20 heavy (non-hydrogen) atoms. The normalized spacial score (nSPS) is 14.1. The maximum Gasteiger partial charge on any atom is 0.239 e. The first-order chi connectivity index (χ1) is 9.70. The van der Waals surface area contributed by atoms with Gasteiger partial charge in [0.1, 0.15) is 5.82 Å². The van der Waals surface area contributed by atoms with Crippen LogP contribution in [0.15, 0.2) is 18.3 Å². The number of nitrogens with one attached hydrogen (secondary N) is 2. The highest BCUT2D eigenvalue weighted by atomic mass is 16.2. The molecule has 0 spiro atoms. The summed E-state index contributed by atoms with van der Waals surface area (Å²) in [5, 5.41) is 6.38. The molecule has 0 bridgehead atoms. The molecule has 1 amide bonds. The Kier molecular flexibility index (Phi) is 5.35. The third kappa shape index (κ3) is 4.49. The van der Waals surface area contributed by atoms with Crippen LogP contribution >= 0.6 is 0 Å². The molecule has 0 atom stereocenters. The van der Waals surface area contributed by atoms with Crippen LogP contribution in [-0.4, -0.2) is 37.1 Å². The summed E-state index contributed by atoms with van der Waals surface area (Å²) in [4.78, 5) is 18.1. The SMILES string of the molecule is CCCNC(=O)CN(C)c1ncccc1CNC1CC1. The number of aromatic nitrogens is 1. The van der Waals surface area contributed by atoms with Crippen LogP contribution in [0.5, 0.6) is 0 Å². The number of nitrogens with zero attached hydrogens (tertiary/aromatic N) is 2. The number of rotatable bonds is 8. The molecule has 0 saturated heterocycles. The number of hydrogen-bond donors (Lipinski definition) is 2. The fourth-order valence-electron chi connectivity index (χ4n) is 2.06. The monoisotopic (exact) mass is 276 g/mol. The number of pyridine rings is 1. The average Bonchev–Trinajstić information content (AvgIpc) is 3.27. The van der Waals surface area contributed by atoms with Gasteiger partial charge in [0.2, 0.25) is 5.91 Å². The lowest BCUT2D eigenvalue weighted by Gasteiger charge is -2.20. The molecule has 1 aromatic heterocycles. The van der Waals surface area contributed by atoms with E-state index >= 15 is 0 Å². The van der Waals surface area contributed by atoms with E-state index in [1.165, 1.54) is 12.8 Å². The molecule has 0 aliphatic heterocycles. The van der Waals surface area contributed by atoms with Crippen molar-refractivity contribution in [1.82, 2.24) is 15.6 Å². The fraction of sp³-hybridized carbons (Fsp3) is 0.600. The van der Waals surface area contributed by atoms with E-state index in [-0.39, 0.29) is 5.91 Å². The molecule has 0 aromatic carbocycles. The second-order valence-corrected chi connectivity index (χ2v) is 5.35. The largest absolute Gasteiger partial charge is 0.355 e. The van der Waals surface area contributed by atoms with E-state index in [0.717, 1.165) is 30.9 Å². The second-order valence-electron chi connectivity index (χ2n) is 5.35. The lowest BCUT2D eigenvalue weighted by Crippen LogP contribution is -2.36. The Balaban J connectivity index is 1.93. The van der Waals surface area contributed by atoms with Gasteiger partial charge in [-0.1, -0.05) is 13.0 Å². The van der Waals surface area contributed by atoms with Gasteiger partial charge in [0.25, 0.3) is 0 Å². The van der Waals surface area contributed by atoms with Gasteiger partial charge in [-0.2, -0.15) is 0 Å². The number of carbonyl (C=O) groups excluding carboxylic acids is 1. The lowest BCUT2D eigenvalue weighted by molar-refractivity contribution is -0.119. The summed E-state index contributed by atoms with van der Waals surface area (Å²) in [5.74, 6) is 0.924. The molecule has 1 fully saturated rings. The number of hydrogen-bond acceptors (Lipinski definition) is 4. The first-order valence-corrected chi connectivity index (χ1v) is 7.35. The van der Waals surface area contributed by atoms with Gasteiger partial charge in [-0.15, -0.1) is 0 Å². The Bertz CT molecular complexity index is 445. The van der Waals surface area contributed by atoms with Crippen LogP contribution in [-0.2, 0) is 11.3 Å². The fourth-order valence-corrected chi connectivity index (χ4v) is 2.06. The van der Waals surface area contributed by atoms with Crippen LogP contribution in [0.2, 0.25) is 0 Å². The maximum absolute atomic E-state index is 11.8. The van der Waals surface area contributed by atoms with Crippen molar-refractivity contribution in [1.29, 1.82) is 0 Å². The van der Waals surface area contributed by atoms with E-state index in [1.807, 2.05) is 24.9 Å². The van der Waals surface area contributed by atoms with Crippen LogP contribution in [0, 0.1) is 0 Å². The molecule has 2 rings (SSSR count). The summed E-state index contributed by atoms with van der Waals surface area (Å²) in [6.45, 7) is 3.93. The van der Waals surface area contributed by atoms with Gasteiger partial charge in [-0.3, -0.25) is 4.79 Å². The zero-order valence-electron chi connectivity index (χ0n) is 12.4.